The molecule has 5 rings (SSSR count). The Kier molecular flexibility index (Phi) is 6.47. The van der Waals surface area contributed by atoms with Crippen molar-refractivity contribution in [1.82, 2.24) is 20.9 Å². The Morgan fingerprint density at radius 2 is 2.21 bits per heavy atom. The van der Waals surface area contributed by atoms with Crippen LogP contribution in [0.25, 0.3) is 0 Å². The van der Waals surface area contributed by atoms with Gasteiger partial charge in [0.05, 0.1) is 34.8 Å². The van der Waals surface area contributed by atoms with Gasteiger partial charge in [0.25, 0.3) is 5.91 Å². The van der Waals surface area contributed by atoms with Gasteiger partial charge >= 0.3 is 6.03 Å². The SMILES string of the molecule is Cc1cc(OCC(C)C)ncc1N1C(=O)NC2=C(C(=O)N[C@@H]3CCC[C@@H]3N)SC3NCCC1C23. The van der Waals surface area contributed by atoms with E-state index in [1.165, 1.54) is 11.8 Å². The van der Waals surface area contributed by atoms with Crippen LogP contribution in [0.4, 0.5) is 10.5 Å². The molecule has 4 heterocycles. The first-order valence-electron chi connectivity index (χ1n) is 12.2. The maximum Gasteiger partial charge on any atom is 0.326 e. The molecule has 1 aliphatic carbocycles. The number of nitrogens with two attached hydrogens (primary N) is 1. The molecule has 3 fully saturated rings. The lowest BCUT2D eigenvalue weighted by Gasteiger charge is -2.46. The Bertz CT molecular complexity index is 1010. The Morgan fingerprint density at radius 3 is 2.91 bits per heavy atom. The van der Waals surface area contributed by atoms with Gasteiger partial charge in [0.1, 0.15) is 0 Å². The van der Waals surface area contributed by atoms with Crippen LogP contribution >= 0.6 is 11.8 Å². The lowest BCUT2D eigenvalue weighted by atomic mass is 9.86. The van der Waals surface area contributed by atoms with E-state index in [2.05, 4.69) is 34.8 Å². The number of aryl methyl sites for hydroxylation is 1. The first-order valence-corrected chi connectivity index (χ1v) is 13.1. The minimum absolute atomic E-state index is 0.00530. The number of piperidine rings is 1. The van der Waals surface area contributed by atoms with Crippen molar-refractivity contribution in [3.05, 3.63) is 28.4 Å². The second kappa shape index (κ2) is 9.39. The van der Waals surface area contributed by atoms with Gasteiger partial charge in [-0.25, -0.2) is 9.78 Å². The van der Waals surface area contributed by atoms with Crippen LogP contribution in [0.1, 0.15) is 45.1 Å². The minimum atomic E-state index is -0.219. The molecule has 1 saturated carbocycles. The molecule has 0 bridgehead atoms. The molecule has 3 aliphatic heterocycles. The molecule has 5 atom stereocenters. The van der Waals surface area contributed by atoms with Gasteiger partial charge in [-0.15, -0.1) is 0 Å². The van der Waals surface area contributed by atoms with E-state index in [0.29, 0.717) is 23.3 Å². The molecule has 34 heavy (non-hydrogen) atoms. The van der Waals surface area contributed by atoms with Crippen LogP contribution in [0.5, 0.6) is 5.88 Å². The van der Waals surface area contributed by atoms with Gasteiger partial charge in [-0.1, -0.05) is 25.6 Å². The summed E-state index contributed by atoms with van der Waals surface area (Å²) in [7, 11) is 0. The smallest absolute Gasteiger partial charge is 0.326 e. The molecule has 4 aliphatic rings. The van der Waals surface area contributed by atoms with E-state index >= 15 is 0 Å². The quantitative estimate of drug-likeness (QED) is 0.486. The van der Waals surface area contributed by atoms with Crippen LogP contribution in [-0.4, -0.2) is 53.6 Å². The average Bonchev–Trinajstić information content (AvgIpc) is 3.37. The number of nitrogens with zero attached hydrogens (tertiary/aromatic N) is 2. The molecule has 3 amide bonds. The van der Waals surface area contributed by atoms with Gasteiger partial charge in [0.15, 0.2) is 0 Å². The van der Waals surface area contributed by atoms with Gasteiger partial charge in [0.2, 0.25) is 5.88 Å². The summed E-state index contributed by atoms with van der Waals surface area (Å²) in [6, 6.07) is 1.61. The first-order chi connectivity index (χ1) is 16.3. The molecule has 10 heteroatoms. The molecule has 9 nitrogen and oxygen atoms in total. The van der Waals surface area contributed by atoms with Gasteiger partial charge in [-0.2, -0.15) is 0 Å². The molecule has 0 radical (unpaired) electrons. The van der Waals surface area contributed by atoms with Crippen molar-refractivity contribution in [3.63, 3.8) is 0 Å². The minimum Gasteiger partial charge on any atom is -0.477 e. The highest BCUT2D eigenvalue weighted by Crippen LogP contribution is 2.48. The summed E-state index contributed by atoms with van der Waals surface area (Å²) in [6.45, 7) is 7.53. The Morgan fingerprint density at radius 1 is 1.38 bits per heavy atom. The predicted octanol–water partition coefficient (Wildman–Crippen LogP) is 2.21. The van der Waals surface area contributed by atoms with Crippen molar-refractivity contribution < 1.29 is 14.3 Å². The zero-order chi connectivity index (χ0) is 24.0. The Balaban J connectivity index is 1.40. The third-order valence-electron chi connectivity index (χ3n) is 7.12. The second-order valence-corrected chi connectivity index (χ2v) is 11.3. The number of aromatic nitrogens is 1. The first kappa shape index (κ1) is 23.4. The van der Waals surface area contributed by atoms with Crippen LogP contribution in [0, 0.1) is 18.8 Å². The van der Waals surface area contributed by atoms with Crippen LogP contribution in [-0.2, 0) is 4.79 Å². The summed E-state index contributed by atoms with van der Waals surface area (Å²) < 4.78 is 5.77. The molecule has 3 unspecified atom stereocenters. The van der Waals surface area contributed by atoms with Gasteiger partial charge in [-0.3, -0.25) is 9.69 Å². The fourth-order valence-electron chi connectivity index (χ4n) is 5.41. The third-order valence-corrected chi connectivity index (χ3v) is 8.47. The number of hydrogen-bond acceptors (Lipinski definition) is 7. The molecule has 5 N–H and O–H groups in total. The largest absolute Gasteiger partial charge is 0.477 e. The average molecular weight is 487 g/mol. The molecule has 2 saturated heterocycles. The van der Waals surface area contributed by atoms with E-state index in [-0.39, 0.29) is 41.4 Å². The Hall–Kier alpha value is -2.30. The maximum absolute atomic E-state index is 13.4. The number of carbonyl (C=O) groups is 2. The molecule has 1 aromatic heterocycles. The zero-order valence-corrected chi connectivity index (χ0v) is 20.8. The number of carbonyl (C=O) groups excluding carboxylic acids is 2. The van der Waals surface area contributed by atoms with Crippen molar-refractivity contribution in [1.29, 1.82) is 0 Å². The van der Waals surface area contributed by atoms with Crippen LogP contribution in [0.3, 0.4) is 0 Å². The van der Waals surface area contributed by atoms with Gasteiger partial charge in [0, 0.05) is 29.8 Å². The standard InChI is InChI=1S/C24H34N6O3S/c1-12(2)11-33-18-9-13(3)17(10-27-18)30-16-7-8-26-23-19(16)20(29-24(30)32)21(34-23)22(31)28-15-6-4-5-14(15)25/h9-10,12,14-16,19,23,26H,4-8,11,25H2,1-3H3,(H,28,31)(H,29,32)/t14-,15+,16?,19?,23?/m0/s1. The highest BCUT2D eigenvalue weighted by molar-refractivity contribution is 8.04. The summed E-state index contributed by atoms with van der Waals surface area (Å²) in [5.41, 5.74) is 8.61. The summed E-state index contributed by atoms with van der Waals surface area (Å²) >= 11 is 1.52. The summed E-state index contributed by atoms with van der Waals surface area (Å²) in [5.74, 6) is 0.847. The number of pyridine rings is 1. The number of rotatable bonds is 6. The molecule has 1 aromatic rings. The number of urea groups is 1. The highest BCUT2D eigenvalue weighted by Gasteiger charge is 2.52. The van der Waals surface area contributed by atoms with Crippen molar-refractivity contribution >= 4 is 29.4 Å². The van der Waals surface area contributed by atoms with Crippen LogP contribution in [0.2, 0.25) is 0 Å². The highest BCUT2D eigenvalue weighted by atomic mass is 32.2. The fraction of sp³-hybridized carbons (Fsp3) is 0.625. The van der Waals surface area contributed by atoms with Crippen molar-refractivity contribution in [3.8, 4) is 5.88 Å². The van der Waals surface area contributed by atoms with E-state index in [1.54, 1.807) is 6.20 Å². The van der Waals surface area contributed by atoms with E-state index < -0.39 is 0 Å². The lowest BCUT2D eigenvalue weighted by molar-refractivity contribution is -0.117. The monoisotopic (exact) mass is 486 g/mol. The molecular formula is C24H34N6O3S. The summed E-state index contributed by atoms with van der Waals surface area (Å²) in [4.78, 5) is 33.5. The summed E-state index contributed by atoms with van der Waals surface area (Å²) in [6.07, 6.45) is 5.39. The maximum atomic E-state index is 13.4. The van der Waals surface area contributed by atoms with Crippen molar-refractivity contribution in [2.75, 3.05) is 18.1 Å². The molecular weight excluding hydrogens is 452 g/mol. The van der Waals surface area contributed by atoms with Gasteiger partial charge < -0.3 is 26.4 Å². The van der Waals surface area contributed by atoms with Crippen molar-refractivity contribution in [2.24, 2.45) is 17.6 Å². The molecule has 0 spiro atoms. The number of nitrogens with one attached hydrogen (secondary N) is 3. The Labute approximate surface area is 204 Å². The predicted molar refractivity (Wildman–Crippen MR) is 132 cm³/mol. The van der Waals surface area contributed by atoms with E-state index in [4.69, 9.17) is 10.5 Å². The number of thioether (sulfide) groups is 1. The van der Waals surface area contributed by atoms with Crippen LogP contribution < -0.4 is 31.3 Å². The number of anilines is 1. The summed E-state index contributed by atoms with van der Waals surface area (Å²) in [5, 5.41) is 9.75. The number of amides is 3. The van der Waals surface area contributed by atoms with E-state index in [1.807, 2.05) is 17.9 Å². The molecule has 184 valence electrons. The zero-order valence-electron chi connectivity index (χ0n) is 20.0. The van der Waals surface area contributed by atoms with Crippen LogP contribution in [0.15, 0.2) is 22.9 Å². The number of hydrogen-bond donors (Lipinski definition) is 4. The van der Waals surface area contributed by atoms with Crippen molar-refractivity contribution in [2.45, 2.75) is 70.0 Å². The third kappa shape index (κ3) is 4.27. The lowest BCUT2D eigenvalue weighted by Crippen LogP contribution is -2.62. The van der Waals surface area contributed by atoms with E-state index in [9.17, 15) is 9.59 Å². The van der Waals surface area contributed by atoms with E-state index in [0.717, 1.165) is 49.2 Å². The fourth-order valence-corrected chi connectivity index (χ4v) is 6.81. The van der Waals surface area contributed by atoms with Gasteiger partial charge in [-0.05, 0) is 50.6 Å². The normalized spacial score (nSPS) is 30.4. The second-order valence-electron chi connectivity index (χ2n) is 10.1. The topological polar surface area (TPSA) is 122 Å². The number of ether oxygens (including phenoxy) is 1. The molecule has 0 aromatic carbocycles.